The SMILES string of the molecule is Bc1ccc2c(=O)n(CC(=P)NC(=C)/N=C\C(C)=C/C)nc(C(C)C)c2c1. The Kier molecular flexibility index (Phi) is 6.92. The fourth-order valence-electron chi connectivity index (χ4n) is 2.61. The lowest BCUT2D eigenvalue weighted by molar-refractivity contribution is 0.636. The van der Waals surface area contributed by atoms with Crippen molar-refractivity contribution < 1.29 is 0 Å². The molecule has 140 valence electrons. The number of hydrogen-bond donors (Lipinski definition) is 1. The minimum atomic E-state index is -0.120. The van der Waals surface area contributed by atoms with E-state index < -0.39 is 0 Å². The highest BCUT2D eigenvalue weighted by Crippen LogP contribution is 2.19. The topological polar surface area (TPSA) is 59.3 Å². The Morgan fingerprint density at radius 1 is 1.44 bits per heavy atom. The average molecular weight is 380 g/mol. The molecule has 0 atom stereocenters. The molecule has 0 fully saturated rings. The van der Waals surface area contributed by atoms with Crippen LogP contribution < -0.4 is 16.3 Å². The van der Waals surface area contributed by atoms with Crippen LogP contribution in [0, 0.1) is 0 Å². The number of nitrogens with one attached hydrogen (secondary N) is 1. The minimum Gasteiger partial charge on any atom is -0.339 e. The third kappa shape index (κ3) is 5.27. The zero-order valence-electron chi connectivity index (χ0n) is 16.6. The Morgan fingerprint density at radius 2 is 2.15 bits per heavy atom. The lowest BCUT2D eigenvalue weighted by Crippen LogP contribution is -2.32. The van der Waals surface area contributed by atoms with Gasteiger partial charge in [0.25, 0.3) is 5.56 Å². The van der Waals surface area contributed by atoms with Crippen LogP contribution in [0.3, 0.4) is 0 Å². The number of rotatable bonds is 7. The van der Waals surface area contributed by atoms with Crippen molar-refractivity contribution in [2.45, 2.75) is 40.2 Å². The van der Waals surface area contributed by atoms with E-state index in [-0.39, 0.29) is 18.0 Å². The van der Waals surface area contributed by atoms with Gasteiger partial charge in [-0.1, -0.05) is 53.0 Å². The van der Waals surface area contributed by atoms with Gasteiger partial charge in [0, 0.05) is 11.6 Å². The zero-order chi connectivity index (χ0) is 20.1. The Bertz CT molecular complexity index is 1000. The molecular formula is C20H26BN4OP. The van der Waals surface area contributed by atoms with E-state index in [2.05, 4.69) is 44.7 Å². The van der Waals surface area contributed by atoms with Crippen LogP contribution in [-0.2, 0) is 6.54 Å². The molecule has 0 saturated heterocycles. The number of aliphatic imine (C=N–C) groups is 1. The van der Waals surface area contributed by atoms with Crippen molar-refractivity contribution in [3.63, 3.8) is 0 Å². The third-order valence-electron chi connectivity index (χ3n) is 4.17. The van der Waals surface area contributed by atoms with Gasteiger partial charge in [-0.25, -0.2) is 9.67 Å². The van der Waals surface area contributed by atoms with E-state index in [0.29, 0.717) is 16.6 Å². The summed E-state index contributed by atoms with van der Waals surface area (Å²) >= 11 is 0. The fourth-order valence-corrected chi connectivity index (χ4v) is 2.90. The first-order valence-corrected chi connectivity index (χ1v) is 9.44. The molecule has 7 heteroatoms. The van der Waals surface area contributed by atoms with Gasteiger partial charge in [0.2, 0.25) is 0 Å². The highest BCUT2D eigenvalue weighted by Gasteiger charge is 2.14. The van der Waals surface area contributed by atoms with E-state index in [0.717, 1.165) is 22.1 Å². The van der Waals surface area contributed by atoms with Gasteiger partial charge in [-0.05, 0) is 31.4 Å². The maximum atomic E-state index is 12.9. The second-order valence-electron chi connectivity index (χ2n) is 6.89. The van der Waals surface area contributed by atoms with Crippen LogP contribution in [0.1, 0.15) is 39.3 Å². The molecule has 2 rings (SSSR count). The van der Waals surface area contributed by atoms with Gasteiger partial charge < -0.3 is 5.32 Å². The lowest BCUT2D eigenvalue weighted by atomic mass is 9.92. The Hall–Kier alpha value is -2.46. The van der Waals surface area contributed by atoms with E-state index in [1.165, 1.54) is 4.68 Å². The molecule has 0 amide bonds. The van der Waals surface area contributed by atoms with Crippen LogP contribution in [-0.4, -0.2) is 29.3 Å². The van der Waals surface area contributed by atoms with E-state index >= 15 is 0 Å². The van der Waals surface area contributed by atoms with Gasteiger partial charge >= 0.3 is 0 Å². The van der Waals surface area contributed by atoms with E-state index in [1.807, 2.05) is 46.0 Å². The van der Waals surface area contributed by atoms with E-state index in [9.17, 15) is 4.79 Å². The Labute approximate surface area is 163 Å². The molecule has 5 nitrogen and oxygen atoms in total. The molecule has 2 aromatic rings. The molecule has 0 unspecified atom stereocenters. The third-order valence-corrected chi connectivity index (χ3v) is 4.46. The summed E-state index contributed by atoms with van der Waals surface area (Å²) in [6.07, 6.45) is 3.69. The molecule has 1 heterocycles. The summed E-state index contributed by atoms with van der Waals surface area (Å²) < 4.78 is 1.47. The molecular weight excluding hydrogens is 354 g/mol. The number of aromatic nitrogens is 2. The average Bonchev–Trinajstić information content (AvgIpc) is 2.61. The second kappa shape index (κ2) is 8.96. The predicted molar refractivity (Wildman–Crippen MR) is 122 cm³/mol. The van der Waals surface area contributed by atoms with Crippen molar-refractivity contribution in [2.24, 2.45) is 4.99 Å². The van der Waals surface area contributed by atoms with Gasteiger partial charge in [-0.15, -0.1) is 0 Å². The Balaban J connectivity index is 2.31. The van der Waals surface area contributed by atoms with Crippen LogP contribution in [0.2, 0.25) is 0 Å². The van der Waals surface area contributed by atoms with Crippen LogP contribution >= 0.6 is 8.86 Å². The molecule has 0 bridgehead atoms. The second-order valence-corrected chi connectivity index (χ2v) is 7.50. The van der Waals surface area contributed by atoms with Gasteiger partial charge in [-0.2, -0.15) is 5.10 Å². The van der Waals surface area contributed by atoms with E-state index in [1.54, 1.807) is 6.21 Å². The molecule has 27 heavy (non-hydrogen) atoms. The normalized spacial score (nSPS) is 12.1. The van der Waals surface area contributed by atoms with Crippen LogP contribution in [0.15, 0.2) is 52.0 Å². The maximum Gasteiger partial charge on any atom is 0.275 e. The summed E-state index contributed by atoms with van der Waals surface area (Å²) in [5, 5.41) is 9.26. The highest BCUT2D eigenvalue weighted by atomic mass is 31.0. The summed E-state index contributed by atoms with van der Waals surface area (Å²) in [6.45, 7) is 12.2. The van der Waals surface area contributed by atoms with Crippen molar-refractivity contribution in [3.8, 4) is 0 Å². The lowest BCUT2D eigenvalue weighted by Gasteiger charge is -2.15. The molecule has 1 aromatic heterocycles. The molecule has 0 saturated carbocycles. The summed E-state index contributed by atoms with van der Waals surface area (Å²) in [5.41, 5.74) is 3.60. The van der Waals surface area contributed by atoms with E-state index in [4.69, 9.17) is 0 Å². The molecule has 0 spiro atoms. The molecule has 0 radical (unpaired) electrons. The zero-order valence-corrected chi connectivity index (χ0v) is 17.6. The number of fused-ring (bicyclic) bond motifs is 1. The smallest absolute Gasteiger partial charge is 0.275 e. The van der Waals surface area contributed by atoms with Crippen LogP contribution in [0.4, 0.5) is 0 Å². The van der Waals surface area contributed by atoms with Crippen molar-refractivity contribution in [1.29, 1.82) is 0 Å². The Morgan fingerprint density at radius 3 is 2.78 bits per heavy atom. The van der Waals surface area contributed by atoms with Crippen molar-refractivity contribution in [3.05, 3.63) is 58.3 Å². The van der Waals surface area contributed by atoms with Crippen molar-refractivity contribution in [2.75, 3.05) is 0 Å². The monoisotopic (exact) mass is 380 g/mol. The molecule has 0 aliphatic heterocycles. The highest BCUT2D eigenvalue weighted by molar-refractivity contribution is 7.20. The molecule has 0 aliphatic rings. The first-order valence-electron chi connectivity index (χ1n) is 8.94. The number of nitrogens with zero attached hydrogens (tertiary/aromatic N) is 3. The van der Waals surface area contributed by atoms with Crippen molar-refractivity contribution in [1.82, 2.24) is 15.1 Å². The molecule has 0 aliphatic carbocycles. The predicted octanol–water partition coefficient (Wildman–Crippen LogP) is 2.15. The molecule has 1 N–H and O–H groups in total. The maximum absolute atomic E-state index is 12.9. The van der Waals surface area contributed by atoms with Crippen LogP contribution in [0.5, 0.6) is 0 Å². The summed E-state index contributed by atoms with van der Waals surface area (Å²) in [6, 6.07) is 5.86. The standard InChI is InChI=1S/C20H26BN4OP/c1-6-13(4)10-22-14(5)23-18(27)11-25-20(26)16-8-7-15(21)9-17(16)19(24-25)12(2)3/h6-10,12,23,27H,5,11,21H2,1-4H3/b13-6-,22-10-. The quantitative estimate of drug-likeness (QED) is 0.455. The van der Waals surface area contributed by atoms with Crippen LogP contribution in [0.25, 0.3) is 10.8 Å². The number of benzene rings is 1. The number of allylic oxidation sites excluding steroid dienone is 2. The minimum absolute atomic E-state index is 0.120. The van der Waals surface area contributed by atoms with Gasteiger partial charge in [0.15, 0.2) is 0 Å². The van der Waals surface area contributed by atoms with Gasteiger partial charge in [0.05, 0.1) is 23.0 Å². The first-order chi connectivity index (χ1) is 12.7. The summed E-state index contributed by atoms with van der Waals surface area (Å²) in [5.74, 6) is 0.686. The van der Waals surface area contributed by atoms with Crippen molar-refractivity contribution >= 4 is 44.6 Å². The number of hydrogen-bond acceptors (Lipinski definition) is 3. The fraction of sp³-hybridized carbons (Fsp3) is 0.300. The molecule has 1 aromatic carbocycles. The van der Waals surface area contributed by atoms with Gasteiger partial charge in [-0.3, -0.25) is 4.79 Å². The first kappa shape index (κ1) is 20.9. The summed E-state index contributed by atoms with van der Waals surface area (Å²) in [7, 11) is 5.54. The van der Waals surface area contributed by atoms with Gasteiger partial charge in [0.1, 0.15) is 13.7 Å². The largest absolute Gasteiger partial charge is 0.339 e. The summed E-state index contributed by atoms with van der Waals surface area (Å²) in [4.78, 5) is 17.1.